The van der Waals surface area contributed by atoms with Crippen LogP contribution in [0.5, 0.6) is 0 Å². The molecule has 0 spiro atoms. The second-order valence-corrected chi connectivity index (χ2v) is 6.82. The molecular weight excluding hydrogens is 240 g/mol. The molecule has 0 aromatic heterocycles. The van der Waals surface area contributed by atoms with Crippen LogP contribution in [-0.2, 0) is 0 Å². The van der Waals surface area contributed by atoms with E-state index in [0.29, 0.717) is 0 Å². The highest BCUT2D eigenvalue weighted by Crippen LogP contribution is 2.39. The van der Waals surface area contributed by atoms with Gasteiger partial charge < -0.3 is 5.11 Å². The van der Waals surface area contributed by atoms with Gasteiger partial charge in [-0.3, -0.25) is 0 Å². The van der Waals surface area contributed by atoms with Crippen molar-refractivity contribution in [3.63, 3.8) is 0 Å². The van der Waals surface area contributed by atoms with E-state index in [-0.39, 0.29) is 6.10 Å². The molecule has 3 atom stereocenters. The Labute approximate surface area is 115 Å². The van der Waals surface area contributed by atoms with Crippen LogP contribution in [0.1, 0.15) is 57.6 Å². The van der Waals surface area contributed by atoms with Crippen molar-refractivity contribution in [3.8, 4) is 0 Å². The van der Waals surface area contributed by atoms with Crippen LogP contribution in [0.3, 0.4) is 0 Å². The van der Waals surface area contributed by atoms with E-state index >= 15 is 0 Å². The Morgan fingerprint density at radius 2 is 2.11 bits per heavy atom. The fourth-order valence-electron chi connectivity index (χ4n) is 2.75. The minimum Gasteiger partial charge on any atom is -0.388 e. The molecule has 1 nitrogen and oxygen atoms in total. The summed E-state index contributed by atoms with van der Waals surface area (Å²) in [5.74, 6) is 0.861. The standard InChI is InChI=1S/C16H24OS/c1-3-15(17)14-9-4-5-10-16(14)18-13-8-6-7-12(2)11-13/h4-5,9-10,12-13,15,17H,3,6-8,11H2,1-2H3/t12?,13?,15-/m0/s1. The number of thioether (sulfide) groups is 1. The van der Waals surface area contributed by atoms with E-state index in [4.69, 9.17) is 0 Å². The second-order valence-electron chi connectivity index (χ2n) is 5.47. The van der Waals surface area contributed by atoms with Crippen molar-refractivity contribution < 1.29 is 5.11 Å². The van der Waals surface area contributed by atoms with Crippen LogP contribution in [-0.4, -0.2) is 10.4 Å². The zero-order valence-electron chi connectivity index (χ0n) is 11.4. The molecule has 0 radical (unpaired) electrons. The summed E-state index contributed by atoms with van der Waals surface area (Å²) < 4.78 is 0. The summed E-state index contributed by atoms with van der Waals surface area (Å²) in [5.41, 5.74) is 1.11. The lowest BCUT2D eigenvalue weighted by Gasteiger charge is -2.27. The van der Waals surface area contributed by atoms with Crippen molar-refractivity contribution in [2.24, 2.45) is 5.92 Å². The van der Waals surface area contributed by atoms with Crippen molar-refractivity contribution in [2.45, 2.75) is 62.2 Å². The first-order valence-electron chi connectivity index (χ1n) is 7.14. The first-order chi connectivity index (χ1) is 8.70. The monoisotopic (exact) mass is 264 g/mol. The molecule has 1 aliphatic carbocycles. The molecule has 2 heteroatoms. The fourth-order valence-corrected chi connectivity index (χ4v) is 4.31. The minimum absolute atomic E-state index is 0.310. The molecule has 1 aliphatic rings. The van der Waals surface area contributed by atoms with Gasteiger partial charge in [0.25, 0.3) is 0 Å². The van der Waals surface area contributed by atoms with Gasteiger partial charge in [0.1, 0.15) is 0 Å². The Morgan fingerprint density at radius 1 is 1.33 bits per heavy atom. The summed E-state index contributed by atoms with van der Waals surface area (Å²) in [6.07, 6.45) is 5.87. The molecule has 1 fully saturated rings. The molecule has 2 rings (SSSR count). The summed E-state index contributed by atoms with van der Waals surface area (Å²) >= 11 is 1.98. The van der Waals surface area contributed by atoms with E-state index in [1.807, 2.05) is 24.8 Å². The Kier molecular flexibility index (Phi) is 5.13. The Morgan fingerprint density at radius 3 is 2.83 bits per heavy atom. The lowest BCUT2D eigenvalue weighted by atomic mass is 9.91. The van der Waals surface area contributed by atoms with E-state index in [1.165, 1.54) is 30.6 Å². The maximum atomic E-state index is 10.1. The molecule has 1 aromatic carbocycles. The summed E-state index contributed by atoms with van der Waals surface area (Å²) in [5, 5.41) is 10.8. The van der Waals surface area contributed by atoms with Crippen molar-refractivity contribution >= 4 is 11.8 Å². The van der Waals surface area contributed by atoms with Gasteiger partial charge in [-0.15, -0.1) is 11.8 Å². The molecule has 1 aromatic rings. The van der Waals surface area contributed by atoms with Crippen LogP contribution in [0.4, 0.5) is 0 Å². The third kappa shape index (κ3) is 3.52. The van der Waals surface area contributed by atoms with Gasteiger partial charge in [0, 0.05) is 10.1 Å². The van der Waals surface area contributed by atoms with Crippen LogP contribution in [0.15, 0.2) is 29.2 Å². The fraction of sp³-hybridized carbons (Fsp3) is 0.625. The van der Waals surface area contributed by atoms with Gasteiger partial charge >= 0.3 is 0 Å². The molecule has 0 aliphatic heterocycles. The normalized spacial score (nSPS) is 25.9. The Bertz CT molecular complexity index is 377. The van der Waals surface area contributed by atoms with Crippen molar-refractivity contribution in [2.75, 3.05) is 0 Å². The average Bonchev–Trinajstić information content (AvgIpc) is 2.38. The molecule has 1 saturated carbocycles. The summed E-state index contributed by atoms with van der Waals surface area (Å²) in [6.45, 7) is 4.40. The van der Waals surface area contributed by atoms with Crippen LogP contribution in [0.25, 0.3) is 0 Å². The van der Waals surface area contributed by atoms with Crippen LogP contribution in [0, 0.1) is 5.92 Å². The highest BCUT2D eigenvalue weighted by atomic mass is 32.2. The van der Waals surface area contributed by atoms with Crippen LogP contribution < -0.4 is 0 Å². The van der Waals surface area contributed by atoms with Crippen molar-refractivity contribution in [1.82, 2.24) is 0 Å². The van der Waals surface area contributed by atoms with Gasteiger partial charge in [-0.1, -0.05) is 44.9 Å². The summed E-state index contributed by atoms with van der Waals surface area (Å²) in [6, 6.07) is 8.35. The predicted molar refractivity (Wildman–Crippen MR) is 79.0 cm³/mol. The van der Waals surface area contributed by atoms with Crippen molar-refractivity contribution in [3.05, 3.63) is 29.8 Å². The zero-order valence-corrected chi connectivity index (χ0v) is 12.2. The quantitative estimate of drug-likeness (QED) is 0.843. The molecule has 0 amide bonds. The number of aliphatic hydroxyl groups is 1. The third-order valence-electron chi connectivity index (χ3n) is 3.85. The third-order valence-corrected chi connectivity index (χ3v) is 5.23. The van der Waals surface area contributed by atoms with E-state index in [2.05, 4.69) is 25.1 Å². The van der Waals surface area contributed by atoms with E-state index in [9.17, 15) is 5.11 Å². The number of hydrogen-bond acceptors (Lipinski definition) is 2. The predicted octanol–water partition coefficient (Wildman–Crippen LogP) is 4.80. The zero-order chi connectivity index (χ0) is 13.0. The molecule has 100 valence electrons. The second kappa shape index (κ2) is 6.63. The van der Waals surface area contributed by atoms with Crippen LogP contribution in [0.2, 0.25) is 0 Å². The maximum absolute atomic E-state index is 10.1. The lowest BCUT2D eigenvalue weighted by molar-refractivity contribution is 0.171. The first kappa shape index (κ1) is 14.0. The largest absolute Gasteiger partial charge is 0.388 e. The van der Waals surface area contributed by atoms with Gasteiger partial charge in [0.15, 0.2) is 0 Å². The number of hydrogen-bond donors (Lipinski definition) is 1. The number of benzene rings is 1. The SMILES string of the molecule is CC[C@H](O)c1ccccc1SC1CCCC(C)C1. The molecule has 1 N–H and O–H groups in total. The first-order valence-corrected chi connectivity index (χ1v) is 8.02. The number of rotatable bonds is 4. The van der Waals surface area contributed by atoms with Gasteiger partial charge in [0.05, 0.1) is 6.10 Å². The lowest BCUT2D eigenvalue weighted by Crippen LogP contribution is -2.15. The highest BCUT2D eigenvalue weighted by Gasteiger charge is 2.21. The van der Waals surface area contributed by atoms with Gasteiger partial charge in [0.2, 0.25) is 0 Å². The molecule has 0 bridgehead atoms. The maximum Gasteiger partial charge on any atom is 0.0798 e. The summed E-state index contributed by atoms with van der Waals surface area (Å²) in [4.78, 5) is 1.28. The van der Waals surface area contributed by atoms with E-state index < -0.39 is 0 Å². The minimum atomic E-state index is -0.310. The van der Waals surface area contributed by atoms with E-state index in [0.717, 1.165) is 23.2 Å². The topological polar surface area (TPSA) is 20.2 Å². The highest BCUT2D eigenvalue weighted by molar-refractivity contribution is 8.00. The van der Waals surface area contributed by atoms with Crippen LogP contribution >= 0.6 is 11.8 Å². The average molecular weight is 264 g/mol. The Balaban J connectivity index is 2.08. The molecule has 18 heavy (non-hydrogen) atoms. The molecule has 0 heterocycles. The van der Waals surface area contributed by atoms with Gasteiger partial charge in [-0.25, -0.2) is 0 Å². The van der Waals surface area contributed by atoms with Gasteiger partial charge in [-0.2, -0.15) is 0 Å². The summed E-state index contributed by atoms with van der Waals surface area (Å²) in [7, 11) is 0. The smallest absolute Gasteiger partial charge is 0.0798 e. The molecule has 0 saturated heterocycles. The van der Waals surface area contributed by atoms with E-state index in [1.54, 1.807) is 0 Å². The Hall–Kier alpha value is -0.470. The molecular formula is C16H24OS. The molecule has 2 unspecified atom stereocenters. The van der Waals surface area contributed by atoms with Gasteiger partial charge in [-0.05, 0) is 36.8 Å². The van der Waals surface area contributed by atoms with Crippen molar-refractivity contribution in [1.29, 1.82) is 0 Å². The number of aliphatic hydroxyl groups excluding tert-OH is 1.